The van der Waals surface area contributed by atoms with Gasteiger partial charge < -0.3 is 15.6 Å². The Bertz CT molecular complexity index is 1260. The number of allylic oxidation sites excluding steroid dienone is 1. The van der Waals surface area contributed by atoms with Crippen LogP contribution in [0.15, 0.2) is 11.6 Å². The summed E-state index contributed by atoms with van der Waals surface area (Å²) in [6.45, 7) is 11.6. The minimum Gasteiger partial charge on any atom is -0.462 e. The maximum Gasteiger partial charge on any atom is 0.350 e. The quantitative estimate of drug-likeness (QED) is 0.380. The molecular weight excluding hydrogens is 456 g/mol. The number of aliphatic hydroxyl groups is 1. The van der Waals surface area contributed by atoms with Gasteiger partial charge in [-0.15, -0.1) is 11.3 Å². The van der Waals surface area contributed by atoms with Gasteiger partial charge in [0.2, 0.25) is 0 Å². The number of fused-ring (bicyclic) bond motifs is 9. The van der Waals surface area contributed by atoms with Gasteiger partial charge in [0.15, 0.2) is 0 Å². The van der Waals surface area contributed by atoms with Crippen molar-refractivity contribution in [3.05, 3.63) is 33.3 Å². The molecule has 2 saturated carbocycles. The largest absolute Gasteiger partial charge is 0.462 e. The summed E-state index contributed by atoms with van der Waals surface area (Å²) >= 11 is 1.38. The van der Waals surface area contributed by atoms with Gasteiger partial charge in [0, 0.05) is 11.1 Å². The fourth-order valence-corrected chi connectivity index (χ4v) is 10.2. The number of aryl methyl sites for hydroxylation is 1. The number of ether oxygens (including phenoxy) is 1. The van der Waals surface area contributed by atoms with E-state index in [1.54, 1.807) is 0 Å². The highest BCUT2D eigenvalue weighted by molar-refractivity contribution is 7.21. The number of rotatable bonds is 2. The first-order valence-electron chi connectivity index (χ1n) is 13.4. The highest BCUT2D eigenvalue weighted by Crippen LogP contribution is 2.68. The number of anilines is 1. The Balaban J connectivity index is 1.49. The van der Waals surface area contributed by atoms with Crippen LogP contribution in [0.3, 0.4) is 0 Å². The van der Waals surface area contributed by atoms with Gasteiger partial charge in [-0.25, -0.2) is 9.78 Å². The number of aromatic nitrogens is 1. The van der Waals surface area contributed by atoms with Crippen molar-refractivity contribution in [2.75, 3.05) is 12.3 Å². The molecule has 0 unspecified atom stereocenters. The van der Waals surface area contributed by atoms with Crippen molar-refractivity contribution in [1.82, 2.24) is 4.98 Å². The summed E-state index contributed by atoms with van der Waals surface area (Å²) in [4.78, 5) is 19.0. The summed E-state index contributed by atoms with van der Waals surface area (Å²) in [6.07, 6.45) is 8.66. The maximum atomic E-state index is 12.7. The molecule has 5 nitrogen and oxygen atoms in total. The third kappa shape index (κ3) is 3.02. The molecule has 2 fully saturated rings. The first-order chi connectivity index (χ1) is 16.6. The van der Waals surface area contributed by atoms with E-state index >= 15 is 0 Å². The van der Waals surface area contributed by atoms with Gasteiger partial charge in [-0.2, -0.15) is 0 Å². The number of carbonyl (C=O) groups excluding carboxylic acids is 1. The summed E-state index contributed by atoms with van der Waals surface area (Å²) < 4.78 is 5.31. The van der Waals surface area contributed by atoms with E-state index in [9.17, 15) is 9.90 Å². The summed E-state index contributed by atoms with van der Waals surface area (Å²) in [7, 11) is 0. The van der Waals surface area contributed by atoms with Gasteiger partial charge in [0.1, 0.15) is 9.71 Å². The zero-order valence-corrected chi connectivity index (χ0v) is 22.4. The van der Waals surface area contributed by atoms with Crippen molar-refractivity contribution in [2.24, 2.45) is 23.2 Å². The first kappa shape index (κ1) is 23.5. The molecule has 2 aromatic heterocycles. The van der Waals surface area contributed by atoms with Gasteiger partial charge >= 0.3 is 5.97 Å². The number of hydrogen-bond acceptors (Lipinski definition) is 6. The van der Waals surface area contributed by atoms with Crippen molar-refractivity contribution in [2.45, 2.75) is 90.6 Å². The first-order valence-corrected chi connectivity index (χ1v) is 14.2. The second-order valence-corrected chi connectivity index (χ2v) is 13.1. The van der Waals surface area contributed by atoms with E-state index in [1.807, 2.05) is 6.92 Å². The molecule has 3 N–H and O–H groups in total. The molecular formula is C29H38N2O3S. The van der Waals surface area contributed by atoms with Crippen LogP contribution in [0.2, 0.25) is 0 Å². The fraction of sp³-hybridized carbons (Fsp3) is 0.655. The van der Waals surface area contributed by atoms with Crippen LogP contribution in [0.1, 0.15) is 98.6 Å². The summed E-state index contributed by atoms with van der Waals surface area (Å²) in [5.41, 5.74) is 12.8. The van der Waals surface area contributed by atoms with Gasteiger partial charge in [0.25, 0.3) is 0 Å². The Morgan fingerprint density at radius 2 is 2.03 bits per heavy atom. The molecule has 6 heteroatoms. The van der Waals surface area contributed by atoms with Crippen LogP contribution >= 0.6 is 11.3 Å². The number of nitrogens with zero attached hydrogens (tertiary/aromatic N) is 1. The molecule has 0 saturated heterocycles. The summed E-state index contributed by atoms with van der Waals surface area (Å²) in [5.74, 6) is 1.80. The Kier molecular flexibility index (Phi) is 5.22. The molecule has 188 valence electrons. The number of aliphatic hydroxyl groups excluding tert-OH is 1. The smallest absolute Gasteiger partial charge is 0.350 e. The van der Waals surface area contributed by atoms with Gasteiger partial charge in [-0.05, 0) is 98.0 Å². The highest BCUT2D eigenvalue weighted by atomic mass is 32.1. The van der Waals surface area contributed by atoms with Crippen molar-refractivity contribution < 1.29 is 14.6 Å². The van der Waals surface area contributed by atoms with Crippen LogP contribution in [-0.4, -0.2) is 28.8 Å². The van der Waals surface area contributed by atoms with Crippen LogP contribution in [0, 0.1) is 30.1 Å². The lowest BCUT2D eigenvalue weighted by Gasteiger charge is -2.58. The van der Waals surface area contributed by atoms with Gasteiger partial charge in [-0.1, -0.05) is 32.4 Å². The molecule has 4 aliphatic rings. The van der Waals surface area contributed by atoms with Crippen molar-refractivity contribution >= 4 is 33.2 Å². The van der Waals surface area contributed by atoms with E-state index in [4.69, 9.17) is 15.5 Å². The monoisotopic (exact) mass is 494 g/mol. The Morgan fingerprint density at radius 3 is 2.77 bits per heavy atom. The summed E-state index contributed by atoms with van der Waals surface area (Å²) in [6, 6.07) is 0. The molecule has 0 aliphatic heterocycles. The van der Waals surface area contributed by atoms with Crippen LogP contribution in [-0.2, 0) is 10.2 Å². The number of pyridine rings is 1. The van der Waals surface area contributed by atoms with Gasteiger partial charge in [-0.3, -0.25) is 0 Å². The lowest BCUT2D eigenvalue weighted by molar-refractivity contribution is -0.0227. The zero-order chi connectivity index (χ0) is 24.9. The molecule has 7 atom stereocenters. The second kappa shape index (κ2) is 7.79. The Morgan fingerprint density at radius 1 is 1.29 bits per heavy atom. The van der Waals surface area contributed by atoms with Crippen molar-refractivity contribution in [1.29, 1.82) is 0 Å². The van der Waals surface area contributed by atoms with Gasteiger partial charge in [0.05, 0.1) is 18.4 Å². The highest BCUT2D eigenvalue weighted by Gasteiger charge is 2.60. The SMILES string of the molecule is CCOC(=O)c1sc2nc(C)c3c(c2c1N)[C@H](C)[C@@H]1[C@@H]2CC=C4C[C@H](O)CC[C@]4(C)[C@@H]2CC[C@]31C. The van der Waals surface area contributed by atoms with Crippen LogP contribution < -0.4 is 5.73 Å². The average molecular weight is 495 g/mol. The molecule has 6 rings (SSSR count). The van der Waals surface area contributed by atoms with E-state index in [0.29, 0.717) is 40.8 Å². The number of thiophene rings is 1. The van der Waals surface area contributed by atoms with Crippen molar-refractivity contribution in [3.63, 3.8) is 0 Å². The number of hydrogen-bond donors (Lipinski definition) is 2. The lowest BCUT2D eigenvalue weighted by Crippen LogP contribution is -2.51. The molecule has 0 radical (unpaired) electrons. The minimum atomic E-state index is -0.342. The number of nitrogen functional groups attached to an aromatic ring is 1. The average Bonchev–Trinajstić information content (AvgIpc) is 3.26. The lowest BCUT2D eigenvalue weighted by atomic mass is 9.47. The molecule has 0 bridgehead atoms. The molecule has 2 aromatic rings. The van der Waals surface area contributed by atoms with Crippen LogP contribution in [0.25, 0.3) is 10.2 Å². The zero-order valence-electron chi connectivity index (χ0n) is 21.6. The predicted molar refractivity (Wildman–Crippen MR) is 141 cm³/mol. The standard InChI is InChI=1S/C29H38N2O3S/c1-6-34-27(33)25-24(30)21-20-14(2)22-18-8-7-16-13-17(32)9-11-28(16,4)19(18)10-12-29(22,5)23(20)15(3)31-26(21)35-25/h7,14,17-19,22,32H,6,8-13,30H2,1-5H3/t14-,17+,18+,19+,22+,28-,29-/m0/s1. The number of nitrogens with two attached hydrogens (primary N) is 1. The summed E-state index contributed by atoms with van der Waals surface area (Å²) in [5, 5.41) is 11.3. The molecule has 0 amide bonds. The normalized spacial score (nSPS) is 37.8. The number of carbonyl (C=O) groups is 1. The maximum absolute atomic E-state index is 12.7. The minimum absolute atomic E-state index is 0.0650. The van der Waals surface area contributed by atoms with E-state index < -0.39 is 0 Å². The van der Waals surface area contributed by atoms with E-state index in [-0.39, 0.29) is 22.9 Å². The third-order valence-corrected chi connectivity index (χ3v) is 11.5. The topological polar surface area (TPSA) is 85.4 Å². The van der Waals surface area contributed by atoms with Crippen LogP contribution in [0.5, 0.6) is 0 Å². The molecule has 2 heterocycles. The second-order valence-electron chi connectivity index (χ2n) is 12.1. The van der Waals surface area contributed by atoms with E-state index in [0.717, 1.165) is 48.0 Å². The molecule has 0 spiro atoms. The number of esters is 1. The molecule has 4 aliphatic carbocycles. The van der Waals surface area contributed by atoms with Crippen molar-refractivity contribution in [3.8, 4) is 0 Å². The van der Waals surface area contributed by atoms with Crippen LogP contribution in [0.4, 0.5) is 5.69 Å². The fourth-order valence-electron chi connectivity index (χ4n) is 9.11. The molecule has 0 aromatic carbocycles. The van der Waals surface area contributed by atoms with E-state index in [1.165, 1.54) is 34.5 Å². The Labute approximate surface area is 212 Å². The molecule has 35 heavy (non-hydrogen) atoms. The predicted octanol–water partition coefficient (Wildman–Crippen LogP) is 6.26. The van der Waals surface area contributed by atoms with E-state index in [2.05, 4.69) is 33.8 Å². The Hall–Kier alpha value is -1.92. The third-order valence-electron chi connectivity index (χ3n) is 10.5.